The molecule has 0 radical (unpaired) electrons. The number of thiol groups is 1. The first kappa shape index (κ1) is 15.2. The first-order valence-electron chi connectivity index (χ1n) is 6.08. The van der Waals surface area contributed by atoms with Crippen molar-refractivity contribution in [3.8, 4) is 0 Å². The third-order valence-corrected chi connectivity index (χ3v) is 3.11. The van der Waals surface area contributed by atoms with Gasteiger partial charge in [0.2, 0.25) is 0 Å². The Hall–Kier alpha value is -0.840. The number of Topliss-reactive ketones (excluding diaryl/α,β-unsaturated/α-hetero) is 1. The molecule has 0 saturated carbocycles. The van der Waals surface area contributed by atoms with Crippen molar-refractivity contribution >= 4 is 18.4 Å². The monoisotopic (exact) mass is 268 g/mol. The number of carbonyl (C=O) groups excluding carboxylic acids is 1. The Kier molecular flexibility index (Phi) is 5.85. The molecule has 0 bridgehead atoms. The van der Waals surface area contributed by atoms with E-state index in [-0.39, 0.29) is 11.7 Å². The summed E-state index contributed by atoms with van der Waals surface area (Å²) in [6, 6.07) is 6.74. The zero-order chi connectivity index (χ0) is 13.7. The molecule has 1 rings (SSSR count). The maximum Gasteiger partial charge on any atom is 0.165 e. The summed E-state index contributed by atoms with van der Waals surface area (Å²) in [7, 11) is 0. The van der Waals surface area contributed by atoms with E-state index in [0.717, 1.165) is 0 Å². The van der Waals surface area contributed by atoms with Crippen LogP contribution in [-0.2, 0) is 0 Å². The molecule has 18 heavy (non-hydrogen) atoms. The topological polar surface area (TPSA) is 57.5 Å². The number of rotatable bonds is 6. The molecular formula is C14H20O3S. The zero-order valence-corrected chi connectivity index (χ0v) is 11.6. The van der Waals surface area contributed by atoms with Crippen LogP contribution in [0.3, 0.4) is 0 Å². The first-order valence-corrected chi connectivity index (χ1v) is 6.71. The molecule has 0 aromatic heterocycles. The van der Waals surface area contributed by atoms with E-state index in [1.807, 2.05) is 13.8 Å². The lowest BCUT2D eigenvalue weighted by Crippen LogP contribution is -2.18. The van der Waals surface area contributed by atoms with Gasteiger partial charge in [-0.1, -0.05) is 38.1 Å². The number of hydrogen-bond acceptors (Lipinski definition) is 4. The molecule has 3 nitrogen and oxygen atoms in total. The molecule has 0 fully saturated rings. The minimum Gasteiger partial charge on any atom is -0.390 e. The molecule has 0 aliphatic carbocycles. The number of hydrogen-bond donors (Lipinski definition) is 3. The molecule has 0 aliphatic heterocycles. The van der Waals surface area contributed by atoms with Gasteiger partial charge < -0.3 is 10.2 Å². The molecule has 0 spiro atoms. The van der Waals surface area contributed by atoms with Crippen molar-refractivity contribution in [1.29, 1.82) is 0 Å². The maximum absolute atomic E-state index is 11.7. The zero-order valence-electron chi connectivity index (χ0n) is 10.7. The third kappa shape index (κ3) is 3.83. The van der Waals surface area contributed by atoms with Crippen LogP contribution in [0.15, 0.2) is 24.3 Å². The normalized spacial score (nSPS) is 14.6. The fourth-order valence-corrected chi connectivity index (χ4v) is 1.95. The second kappa shape index (κ2) is 6.92. The van der Waals surface area contributed by atoms with E-state index in [1.54, 1.807) is 24.3 Å². The van der Waals surface area contributed by atoms with Crippen LogP contribution < -0.4 is 0 Å². The molecule has 1 aromatic rings. The second-order valence-corrected chi connectivity index (χ2v) is 5.11. The van der Waals surface area contributed by atoms with Crippen molar-refractivity contribution in [1.82, 2.24) is 0 Å². The summed E-state index contributed by atoms with van der Waals surface area (Å²) in [6.45, 7) is 3.70. The largest absolute Gasteiger partial charge is 0.390 e. The highest BCUT2D eigenvalue weighted by atomic mass is 32.1. The summed E-state index contributed by atoms with van der Waals surface area (Å²) in [4.78, 5) is 11.7. The fourth-order valence-electron chi connectivity index (χ4n) is 1.69. The lowest BCUT2D eigenvalue weighted by molar-refractivity contribution is 0.0172. The van der Waals surface area contributed by atoms with Gasteiger partial charge in [0.05, 0.1) is 6.10 Å². The third-order valence-electron chi connectivity index (χ3n) is 2.85. The minimum absolute atomic E-state index is 0.0458. The molecule has 2 unspecified atom stereocenters. The Morgan fingerprint density at radius 2 is 1.78 bits per heavy atom. The van der Waals surface area contributed by atoms with Crippen molar-refractivity contribution in [3.63, 3.8) is 0 Å². The summed E-state index contributed by atoms with van der Waals surface area (Å²) in [6.07, 6.45) is -1.33. The highest BCUT2D eigenvalue weighted by Crippen LogP contribution is 2.20. The van der Waals surface area contributed by atoms with Crippen LogP contribution in [-0.4, -0.2) is 27.9 Å². The summed E-state index contributed by atoms with van der Waals surface area (Å²) >= 11 is 4.02. The average molecular weight is 268 g/mol. The van der Waals surface area contributed by atoms with Gasteiger partial charge >= 0.3 is 0 Å². The van der Waals surface area contributed by atoms with Gasteiger partial charge in [0.15, 0.2) is 5.78 Å². The van der Waals surface area contributed by atoms with Gasteiger partial charge in [0.1, 0.15) is 6.10 Å². The molecular weight excluding hydrogens is 248 g/mol. The van der Waals surface area contributed by atoms with Gasteiger partial charge in [-0.05, 0) is 17.7 Å². The number of carbonyl (C=O) groups is 1. The smallest absolute Gasteiger partial charge is 0.165 e. The number of ketones is 1. The van der Waals surface area contributed by atoms with Crippen LogP contribution in [0.2, 0.25) is 0 Å². The Labute approximate surface area is 113 Å². The lowest BCUT2D eigenvalue weighted by Gasteiger charge is -2.17. The van der Waals surface area contributed by atoms with Crippen molar-refractivity contribution in [2.24, 2.45) is 5.92 Å². The summed E-state index contributed by atoms with van der Waals surface area (Å²) in [5.74, 6) is 0.546. The standard InChI is InChI=1S/C14H20O3S/c1-9(2)13(16)10-3-5-11(6-4-10)14(17)12(15)7-8-18/h3-6,9,12,14-15,17-18H,7-8H2,1-2H3. The van der Waals surface area contributed by atoms with E-state index >= 15 is 0 Å². The van der Waals surface area contributed by atoms with E-state index in [1.165, 1.54) is 0 Å². The number of aliphatic hydroxyl groups is 2. The molecule has 0 aliphatic rings. The van der Waals surface area contributed by atoms with Gasteiger partial charge in [-0.15, -0.1) is 0 Å². The molecule has 2 N–H and O–H groups in total. The quantitative estimate of drug-likeness (QED) is 0.548. The van der Waals surface area contributed by atoms with E-state index < -0.39 is 12.2 Å². The minimum atomic E-state index is -0.930. The van der Waals surface area contributed by atoms with E-state index in [0.29, 0.717) is 23.3 Å². The predicted molar refractivity (Wildman–Crippen MR) is 75.0 cm³/mol. The Morgan fingerprint density at radius 3 is 2.22 bits per heavy atom. The van der Waals surface area contributed by atoms with Crippen molar-refractivity contribution in [2.45, 2.75) is 32.5 Å². The summed E-state index contributed by atoms with van der Waals surface area (Å²) < 4.78 is 0. The molecule has 0 heterocycles. The Bertz CT molecular complexity index is 387. The second-order valence-electron chi connectivity index (χ2n) is 4.67. The van der Waals surface area contributed by atoms with Gasteiger partial charge in [0, 0.05) is 11.5 Å². The van der Waals surface area contributed by atoms with E-state index in [2.05, 4.69) is 12.6 Å². The van der Waals surface area contributed by atoms with Crippen LogP contribution in [0.25, 0.3) is 0 Å². The molecule has 0 amide bonds. The molecule has 4 heteroatoms. The number of aliphatic hydroxyl groups excluding tert-OH is 2. The van der Waals surface area contributed by atoms with Gasteiger partial charge in [0.25, 0.3) is 0 Å². The van der Waals surface area contributed by atoms with Crippen molar-refractivity contribution in [2.75, 3.05) is 5.75 Å². The van der Waals surface area contributed by atoms with Crippen LogP contribution >= 0.6 is 12.6 Å². The van der Waals surface area contributed by atoms with Crippen LogP contribution in [0.1, 0.15) is 42.3 Å². The van der Waals surface area contributed by atoms with Crippen LogP contribution in [0, 0.1) is 5.92 Å². The van der Waals surface area contributed by atoms with Crippen molar-refractivity contribution < 1.29 is 15.0 Å². The Balaban J connectivity index is 2.79. The van der Waals surface area contributed by atoms with E-state index in [4.69, 9.17) is 0 Å². The Morgan fingerprint density at radius 1 is 1.22 bits per heavy atom. The van der Waals surface area contributed by atoms with Crippen LogP contribution in [0.5, 0.6) is 0 Å². The van der Waals surface area contributed by atoms with E-state index in [9.17, 15) is 15.0 Å². The summed E-state index contributed by atoms with van der Waals surface area (Å²) in [5, 5.41) is 19.6. The van der Waals surface area contributed by atoms with Crippen LogP contribution in [0.4, 0.5) is 0 Å². The fraction of sp³-hybridized carbons (Fsp3) is 0.500. The van der Waals surface area contributed by atoms with Crippen molar-refractivity contribution in [3.05, 3.63) is 35.4 Å². The summed E-state index contributed by atoms with van der Waals surface area (Å²) in [5.41, 5.74) is 1.24. The highest BCUT2D eigenvalue weighted by Gasteiger charge is 2.18. The highest BCUT2D eigenvalue weighted by molar-refractivity contribution is 7.80. The first-order chi connectivity index (χ1) is 8.47. The molecule has 0 saturated heterocycles. The van der Waals surface area contributed by atoms with Gasteiger partial charge in [-0.2, -0.15) is 12.6 Å². The molecule has 100 valence electrons. The molecule has 2 atom stereocenters. The molecule has 1 aromatic carbocycles. The SMILES string of the molecule is CC(C)C(=O)c1ccc(C(O)C(O)CCS)cc1. The number of benzene rings is 1. The maximum atomic E-state index is 11.7. The predicted octanol–water partition coefficient (Wildman–Crippen LogP) is 2.24. The van der Waals surface area contributed by atoms with Gasteiger partial charge in [-0.25, -0.2) is 0 Å². The lowest BCUT2D eigenvalue weighted by atomic mass is 9.97. The average Bonchev–Trinajstić information content (AvgIpc) is 2.37. The van der Waals surface area contributed by atoms with Gasteiger partial charge in [-0.3, -0.25) is 4.79 Å².